The number of hydrogen-bond donors (Lipinski definition) is 0. The van der Waals surface area contributed by atoms with Crippen LogP contribution >= 0.6 is 0 Å². The second-order valence-electron chi connectivity index (χ2n) is 4.45. The number of aryl methyl sites for hydroxylation is 1. The Bertz CT molecular complexity index is 560. The molecule has 1 aliphatic carbocycles. The predicted molar refractivity (Wildman–Crippen MR) is 72.5 cm³/mol. The first-order valence-corrected chi connectivity index (χ1v) is 6.24. The topological polar surface area (TPSA) is 21.6 Å². The van der Waals surface area contributed by atoms with Crippen LogP contribution in [0.25, 0.3) is 0 Å². The highest BCUT2D eigenvalue weighted by molar-refractivity contribution is 6.04. The quantitative estimate of drug-likeness (QED) is 0.748. The van der Waals surface area contributed by atoms with Gasteiger partial charge in [-0.2, -0.15) is 0 Å². The van der Waals surface area contributed by atoms with E-state index in [9.17, 15) is 0 Å². The van der Waals surface area contributed by atoms with E-state index in [1.807, 2.05) is 30.3 Å². The summed E-state index contributed by atoms with van der Waals surface area (Å²) in [6.07, 6.45) is 2.05. The highest BCUT2D eigenvalue weighted by atomic mass is 16.6. The molecular weight excluding hydrogens is 222 g/mol. The van der Waals surface area contributed by atoms with Gasteiger partial charge in [0, 0.05) is 5.56 Å². The molecular formula is C16H15NO. The molecule has 0 saturated carbocycles. The van der Waals surface area contributed by atoms with Crippen LogP contribution in [0.2, 0.25) is 0 Å². The van der Waals surface area contributed by atoms with E-state index in [0.29, 0.717) is 6.61 Å². The standard InChI is InChI=1S/C16H15NO/c1-2-6-13(7-3-1)12-18-17-16-11-10-14-8-4-5-9-15(14)16/h1-9H,10-12H2/b17-16+. The second kappa shape index (κ2) is 5.05. The third-order valence-corrected chi connectivity index (χ3v) is 3.21. The van der Waals surface area contributed by atoms with Crippen molar-refractivity contribution in [1.29, 1.82) is 0 Å². The van der Waals surface area contributed by atoms with Crippen molar-refractivity contribution in [3.05, 3.63) is 71.3 Å². The zero-order valence-corrected chi connectivity index (χ0v) is 10.2. The minimum absolute atomic E-state index is 0.534. The smallest absolute Gasteiger partial charge is 0.142 e. The van der Waals surface area contributed by atoms with Crippen molar-refractivity contribution in [2.24, 2.45) is 5.16 Å². The lowest BCUT2D eigenvalue weighted by Gasteiger charge is -2.02. The SMILES string of the molecule is c1ccc(CO/N=C2\CCc3ccccc32)cc1. The molecule has 0 radical (unpaired) electrons. The van der Waals surface area contributed by atoms with Crippen LogP contribution in [0.1, 0.15) is 23.1 Å². The molecule has 0 amide bonds. The zero-order valence-electron chi connectivity index (χ0n) is 10.2. The van der Waals surface area contributed by atoms with E-state index < -0.39 is 0 Å². The van der Waals surface area contributed by atoms with Gasteiger partial charge in [0.05, 0.1) is 5.71 Å². The number of nitrogens with zero attached hydrogens (tertiary/aromatic N) is 1. The Balaban J connectivity index is 1.68. The van der Waals surface area contributed by atoms with E-state index in [-0.39, 0.29) is 0 Å². The Hall–Kier alpha value is -2.09. The maximum Gasteiger partial charge on any atom is 0.142 e. The molecule has 0 heterocycles. The third kappa shape index (κ3) is 2.28. The number of fused-ring (bicyclic) bond motifs is 1. The number of benzene rings is 2. The lowest BCUT2D eigenvalue weighted by molar-refractivity contribution is 0.130. The molecule has 0 aromatic heterocycles. The van der Waals surface area contributed by atoms with E-state index in [1.54, 1.807) is 0 Å². The number of hydrogen-bond acceptors (Lipinski definition) is 2. The number of rotatable bonds is 3. The zero-order chi connectivity index (χ0) is 12.2. The molecule has 0 bridgehead atoms. The van der Waals surface area contributed by atoms with Gasteiger partial charge in [0.15, 0.2) is 0 Å². The number of oxime groups is 1. The molecule has 0 N–H and O–H groups in total. The molecule has 0 atom stereocenters. The molecule has 3 rings (SSSR count). The van der Waals surface area contributed by atoms with Crippen molar-refractivity contribution < 1.29 is 4.84 Å². The van der Waals surface area contributed by atoms with E-state index in [0.717, 1.165) is 24.1 Å². The van der Waals surface area contributed by atoms with Gasteiger partial charge >= 0.3 is 0 Å². The first-order chi connectivity index (χ1) is 8.93. The van der Waals surface area contributed by atoms with Crippen molar-refractivity contribution in [2.75, 3.05) is 0 Å². The van der Waals surface area contributed by atoms with Gasteiger partial charge in [0.2, 0.25) is 0 Å². The van der Waals surface area contributed by atoms with Gasteiger partial charge in [-0.1, -0.05) is 59.8 Å². The maximum atomic E-state index is 5.45. The molecule has 90 valence electrons. The van der Waals surface area contributed by atoms with Crippen molar-refractivity contribution >= 4 is 5.71 Å². The summed E-state index contributed by atoms with van der Waals surface area (Å²) < 4.78 is 0. The molecule has 2 nitrogen and oxygen atoms in total. The summed E-state index contributed by atoms with van der Waals surface area (Å²) in [7, 11) is 0. The van der Waals surface area contributed by atoms with Crippen molar-refractivity contribution in [3.63, 3.8) is 0 Å². The molecule has 0 spiro atoms. The van der Waals surface area contributed by atoms with Gasteiger partial charge in [-0.15, -0.1) is 0 Å². The molecule has 18 heavy (non-hydrogen) atoms. The minimum atomic E-state index is 0.534. The molecule has 2 aromatic rings. The van der Waals surface area contributed by atoms with E-state index in [1.165, 1.54) is 11.1 Å². The average molecular weight is 237 g/mol. The molecule has 0 unspecified atom stereocenters. The maximum absolute atomic E-state index is 5.45. The van der Waals surface area contributed by atoms with E-state index in [2.05, 4.69) is 29.4 Å². The highest BCUT2D eigenvalue weighted by Gasteiger charge is 2.17. The van der Waals surface area contributed by atoms with E-state index in [4.69, 9.17) is 4.84 Å². The Kier molecular flexibility index (Phi) is 3.09. The fourth-order valence-electron chi connectivity index (χ4n) is 2.26. The van der Waals surface area contributed by atoms with Crippen molar-refractivity contribution in [3.8, 4) is 0 Å². The average Bonchev–Trinajstić information content (AvgIpc) is 2.84. The van der Waals surface area contributed by atoms with Gasteiger partial charge in [0.1, 0.15) is 6.61 Å². The highest BCUT2D eigenvalue weighted by Crippen LogP contribution is 2.22. The van der Waals surface area contributed by atoms with Gasteiger partial charge in [-0.05, 0) is 24.0 Å². The third-order valence-electron chi connectivity index (χ3n) is 3.21. The first kappa shape index (κ1) is 11.0. The Labute approximate surface area is 107 Å². The summed E-state index contributed by atoms with van der Waals surface area (Å²) in [5.74, 6) is 0. The lowest BCUT2D eigenvalue weighted by atomic mass is 10.1. The van der Waals surface area contributed by atoms with Gasteiger partial charge < -0.3 is 4.84 Å². The van der Waals surface area contributed by atoms with Crippen LogP contribution in [-0.4, -0.2) is 5.71 Å². The van der Waals surface area contributed by atoms with Crippen molar-refractivity contribution in [1.82, 2.24) is 0 Å². The molecule has 1 aliphatic rings. The van der Waals surface area contributed by atoms with Crippen LogP contribution < -0.4 is 0 Å². The summed E-state index contributed by atoms with van der Waals surface area (Å²) in [6.45, 7) is 0.534. The summed E-state index contributed by atoms with van der Waals surface area (Å²) in [5, 5.41) is 4.28. The van der Waals surface area contributed by atoms with Crippen LogP contribution in [-0.2, 0) is 17.9 Å². The minimum Gasteiger partial charge on any atom is -0.391 e. The Morgan fingerprint density at radius 1 is 0.889 bits per heavy atom. The van der Waals surface area contributed by atoms with Crippen LogP contribution in [0.15, 0.2) is 59.8 Å². The fraction of sp³-hybridized carbons (Fsp3) is 0.188. The summed E-state index contributed by atoms with van der Waals surface area (Å²) in [4.78, 5) is 5.45. The van der Waals surface area contributed by atoms with E-state index >= 15 is 0 Å². The monoisotopic (exact) mass is 237 g/mol. The predicted octanol–water partition coefficient (Wildman–Crippen LogP) is 3.55. The first-order valence-electron chi connectivity index (χ1n) is 6.24. The lowest BCUT2D eigenvalue weighted by Crippen LogP contribution is -1.96. The van der Waals surface area contributed by atoms with Crippen molar-refractivity contribution in [2.45, 2.75) is 19.4 Å². The summed E-state index contributed by atoms with van der Waals surface area (Å²) in [6, 6.07) is 18.5. The molecule has 0 aliphatic heterocycles. The van der Waals surface area contributed by atoms with Crippen LogP contribution in [0.3, 0.4) is 0 Å². The Morgan fingerprint density at radius 2 is 1.67 bits per heavy atom. The summed E-state index contributed by atoms with van der Waals surface area (Å²) >= 11 is 0. The van der Waals surface area contributed by atoms with Crippen LogP contribution in [0.5, 0.6) is 0 Å². The van der Waals surface area contributed by atoms with Gasteiger partial charge in [-0.3, -0.25) is 0 Å². The molecule has 2 aromatic carbocycles. The molecule has 2 heteroatoms. The largest absolute Gasteiger partial charge is 0.391 e. The molecule has 0 fully saturated rings. The van der Waals surface area contributed by atoms with Gasteiger partial charge in [-0.25, -0.2) is 0 Å². The molecule has 0 saturated heterocycles. The second-order valence-corrected chi connectivity index (χ2v) is 4.45. The summed E-state index contributed by atoms with van der Waals surface area (Å²) in [5.41, 5.74) is 4.83. The van der Waals surface area contributed by atoms with Gasteiger partial charge in [0.25, 0.3) is 0 Å². The Morgan fingerprint density at radius 3 is 2.56 bits per heavy atom. The normalized spacial score (nSPS) is 15.7. The van der Waals surface area contributed by atoms with Crippen LogP contribution in [0.4, 0.5) is 0 Å². The fourth-order valence-corrected chi connectivity index (χ4v) is 2.26. The van der Waals surface area contributed by atoms with Crippen LogP contribution in [0, 0.1) is 0 Å².